The van der Waals surface area contributed by atoms with Crippen molar-refractivity contribution in [1.29, 1.82) is 0 Å². The zero-order valence-corrected chi connectivity index (χ0v) is 11.8. The van der Waals surface area contributed by atoms with Gasteiger partial charge in [0.05, 0.1) is 6.26 Å². The summed E-state index contributed by atoms with van der Waals surface area (Å²) in [7, 11) is -1.72. The fourth-order valence-electron chi connectivity index (χ4n) is 1.33. The van der Waals surface area contributed by atoms with Gasteiger partial charge in [-0.25, -0.2) is 12.7 Å². The molecule has 0 radical (unpaired) electrons. The van der Waals surface area contributed by atoms with Crippen molar-refractivity contribution in [2.24, 2.45) is 0 Å². The van der Waals surface area contributed by atoms with Crippen molar-refractivity contribution in [3.8, 4) is 0 Å². The van der Waals surface area contributed by atoms with Crippen molar-refractivity contribution in [1.82, 2.24) is 9.62 Å². The summed E-state index contributed by atoms with van der Waals surface area (Å²) < 4.78 is 29.1. The lowest BCUT2D eigenvalue weighted by Gasteiger charge is -2.19. The highest BCUT2D eigenvalue weighted by atomic mass is 32.2. The maximum absolute atomic E-state index is 11.5. The third-order valence-electron chi connectivity index (χ3n) is 2.26. The average molecular weight is 278 g/mol. The van der Waals surface area contributed by atoms with Gasteiger partial charge in [0.2, 0.25) is 15.9 Å². The van der Waals surface area contributed by atoms with E-state index in [-0.39, 0.29) is 18.9 Å². The largest absolute Gasteiger partial charge is 0.385 e. The summed E-state index contributed by atoms with van der Waals surface area (Å²) in [5, 5.41) is 2.60. The third kappa shape index (κ3) is 8.21. The lowest BCUT2D eigenvalue weighted by molar-refractivity contribution is -0.121. The van der Waals surface area contributed by atoms with Gasteiger partial charge in [0.15, 0.2) is 0 Å². The molecule has 0 aliphatic heterocycles. The van der Waals surface area contributed by atoms with Gasteiger partial charge < -0.3 is 10.1 Å². The third-order valence-corrected chi connectivity index (χ3v) is 3.56. The van der Waals surface area contributed by atoms with E-state index >= 15 is 0 Å². The summed E-state index contributed by atoms with van der Waals surface area (Å²) >= 11 is 0. The van der Waals surface area contributed by atoms with Gasteiger partial charge in [-0.2, -0.15) is 0 Å². The van der Waals surface area contributed by atoms with Crippen LogP contribution in [0.15, 0.2) is 12.7 Å². The molecule has 0 saturated carbocycles. The molecule has 0 atom stereocenters. The van der Waals surface area contributed by atoms with Gasteiger partial charge in [-0.3, -0.25) is 4.79 Å². The Bertz CT molecular complexity index is 354. The van der Waals surface area contributed by atoms with Gasteiger partial charge in [0.1, 0.15) is 0 Å². The smallest absolute Gasteiger partial charge is 0.221 e. The van der Waals surface area contributed by atoms with Crippen LogP contribution < -0.4 is 5.32 Å². The van der Waals surface area contributed by atoms with Gasteiger partial charge in [-0.05, 0) is 6.42 Å². The van der Waals surface area contributed by atoms with E-state index in [0.29, 0.717) is 26.1 Å². The molecule has 0 spiro atoms. The highest BCUT2D eigenvalue weighted by Crippen LogP contribution is 2.01. The molecule has 18 heavy (non-hydrogen) atoms. The average Bonchev–Trinajstić information content (AvgIpc) is 2.29. The first-order valence-corrected chi connectivity index (χ1v) is 7.58. The summed E-state index contributed by atoms with van der Waals surface area (Å²) in [5.74, 6) is -0.185. The number of nitrogens with zero attached hydrogens (tertiary/aromatic N) is 1. The van der Waals surface area contributed by atoms with Crippen LogP contribution in [0.3, 0.4) is 0 Å². The molecule has 1 amide bonds. The molecule has 7 heteroatoms. The SMILES string of the molecule is C=CCNC(=O)CCN(CCCOC)S(C)(=O)=O. The van der Waals surface area contributed by atoms with Gasteiger partial charge in [-0.15, -0.1) is 6.58 Å². The van der Waals surface area contributed by atoms with Crippen molar-refractivity contribution < 1.29 is 17.9 Å². The van der Waals surface area contributed by atoms with Gasteiger partial charge >= 0.3 is 0 Å². The van der Waals surface area contributed by atoms with Gasteiger partial charge in [0, 0.05) is 39.8 Å². The number of methoxy groups -OCH3 is 1. The molecule has 0 aromatic rings. The number of sulfonamides is 1. The van der Waals surface area contributed by atoms with Gasteiger partial charge in [0.25, 0.3) is 0 Å². The molecule has 0 aliphatic carbocycles. The Balaban J connectivity index is 4.17. The van der Waals surface area contributed by atoms with Crippen molar-refractivity contribution in [3.05, 3.63) is 12.7 Å². The van der Waals surface area contributed by atoms with Crippen LogP contribution >= 0.6 is 0 Å². The summed E-state index contributed by atoms with van der Waals surface area (Å²) in [6.07, 6.45) is 3.47. The minimum absolute atomic E-state index is 0.147. The van der Waals surface area contributed by atoms with E-state index in [9.17, 15) is 13.2 Å². The summed E-state index contributed by atoms with van der Waals surface area (Å²) in [5.41, 5.74) is 0. The van der Waals surface area contributed by atoms with Gasteiger partial charge in [-0.1, -0.05) is 6.08 Å². The van der Waals surface area contributed by atoms with Crippen molar-refractivity contribution >= 4 is 15.9 Å². The predicted octanol–water partition coefficient (Wildman–Crippen LogP) is -0.0232. The van der Waals surface area contributed by atoms with E-state index in [4.69, 9.17) is 4.74 Å². The van der Waals surface area contributed by atoms with Crippen LogP contribution in [-0.2, 0) is 19.6 Å². The number of nitrogens with one attached hydrogen (secondary N) is 1. The number of ether oxygens (including phenoxy) is 1. The second-order valence-corrected chi connectivity index (χ2v) is 5.83. The molecule has 0 heterocycles. The lowest BCUT2D eigenvalue weighted by Crippen LogP contribution is -2.35. The molecule has 0 fully saturated rings. The van der Waals surface area contributed by atoms with E-state index in [1.807, 2.05) is 0 Å². The van der Waals surface area contributed by atoms with E-state index in [0.717, 1.165) is 6.26 Å². The fourth-order valence-corrected chi connectivity index (χ4v) is 2.21. The second kappa shape index (κ2) is 9.07. The number of carbonyl (C=O) groups is 1. The van der Waals surface area contributed by atoms with Crippen LogP contribution in [0.1, 0.15) is 12.8 Å². The Hall–Kier alpha value is -0.920. The molecular weight excluding hydrogens is 256 g/mol. The molecule has 0 rings (SSSR count). The van der Waals surface area contributed by atoms with Crippen LogP contribution in [0.25, 0.3) is 0 Å². The molecule has 1 N–H and O–H groups in total. The number of carbonyl (C=O) groups excluding carboxylic acids is 1. The topological polar surface area (TPSA) is 75.7 Å². The maximum Gasteiger partial charge on any atom is 0.221 e. The zero-order valence-electron chi connectivity index (χ0n) is 11.0. The first-order valence-electron chi connectivity index (χ1n) is 5.73. The van der Waals surface area contributed by atoms with Crippen LogP contribution in [0.4, 0.5) is 0 Å². The molecule has 6 nitrogen and oxygen atoms in total. The van der Waals surface area contributed by atoms with E-state index in [1.165, 1.54) is 4.31 Å². The Morgan fingerprint density at radius 2 is 2.11 bits per heavy atom. The number of rotatable bonds is 10. The Morgan fingerprint density at radius 3 is 2.61 bits per heavy atom. The predicted molar refractivity (Wildman–Crippen MR) is 70.7 cm³/mol. The summed E-state index contributed by atoms with van der Waals surface area (Å²) in [6.45, 7) is 4.92. The molecular formula is C11H22N2O4S. The van der Waals surface area contributed by atoms with Crippen LogP contribution in [-0.4, -0.2) is 58.2 Å². The highest BCUT2D eigenvalue weighted by molar-refractivity contribution is 7.88. The number of hydrogen-bond acceptors (Lipinski definition) is 4. The van der Waals surface area contributed by atoms with Crippen LogP contribution in [0, 0.1) is 0 Å². The summed E-state index contributed by atoms with van der Waals surface area (Å²) in [4.78, 5) is 11.4. The minimum Gasteiger partial charge on any atom is -0.385 e. The molecule has 0 aromatic carbocycles. The molecule has 0 unspecified atom stereocenters. The Labute approximate surface area is 109 Å². The molecule has 0 aromatic heterocycles. The first-order chi connectivity index (χ1) is 8.41. The second-order valence-electron chi connectivity index (χ2n) is 3.85. The zero-order chi connectivity index (χ0) is 14.0. The van der Waals surface area contributed by atoms with Crippen LogP contribution in [0.5, 0.6) is 0 Å². The molecule has 0 aliphatic rings. The molecule has 0 bridgehead atoms. The standard InChI is InChI=1S/C11H22N2O4S/c1-4-7-12-11(14)6-9-13(18(3,15)16)8-5-10-17-2/h4H,1,5-10H2,2-3H3,(H,12,14). The molecule has 106 valence electrons. The van der Waals surface area contributed by atoms with E-state index in [1.54, 1.807) is 13.2 Å². The van der Waals surface area contributed by atoms with Crippen LogP contribution in [0.2, 0.25) is 0 Å². The Morgan fingerprint density at radius 1 is 1.44 bits per heavy atom. The number of amides is 1. The fraction of sp³-hybridized carbons (Fsp3) is 0.727. The first kappa shape index (κ1) is 17.1. The van der Waals surface area contributed by atoms with Crippen molar-refractivity contribution in [2.75, 3.05) is 39.6 Å². The quantitative estimate of drug-likeness (QED) is 0.450. The minimum atomic E-state index is -3.28. The number of hydrogen-bond donors (Lipinski definition) is 1. The summed E-state index contributed by atoms with van der Waals surface area (Å²) in [6, 6.07) is 0. The van der Waals surface area contributed by atoms with Crippen molar-refractivity contribution in [3.63, 3.8) is 0 Å². The van der Waals surface area contributed by atoms with Crippen molar-refractivity contribution in [2.45, 2.75) is 12.8 Å². The maximum atomic E-state index is 11.5. The monoisotopic (exact) mass is 278 g/mol. The van der Waals surface area contributed by atoms with E-state index in [2.05, 4.69) is 11.9 Å². The highest BCUT2D eigenvalue weighted by Gasteiger charge is 2.17. The Kier molecular flexibility index (Phi) is 8.61. The molecule has 0 saturated heterocycles. The normalized spacial score (nSPS) is 11.5. The van der Waals surface area contributed by atoms with E-state index < -0.39 is 10.0 Å². The lowest BCUT2D eigenvalue weighted by atomic mass is 10.3.